The Hall–Kier alpha value is -1.56. The molecule has 7 heteroatoms. The lowest BCUT2D eigenvalue weighted by Gasteiger charge is -2.19. The molecule has 3 N–H and O–H groups in total. The van der Waals surface area contributed by atoms with Crippen molar-refractivity contribution in [2.24, 2.45) is 0 Å². The van der Waals surface area contributed by atoms with Crippen molar-refractivity contribution in [3.63, 3.8) is 0 Å². The molecule has 1 amide bonds. The molecule has 0 aromatic carbocycles. The van der Waals surface area contributed by atoms with Crippen LogP contribution in [0.4, 0.5) is 16.6 Å². The van der Waals surface area contributed by atoms with Crippen LogP contribution in [0.15, 0.2) is 6.07 Å². The number of aromatic nitrogens is 2. The molecule has 1 aromatic rings. The smallest absolute Gasteiger partial charge is 0.413 e. The van der Waals surface area contributed by atoms with Gasteiger partial charge in [-0.1, -0.05) is 11.6 Å². The maximum Gasteiger partial charge on any atom is 0.413 e. The van der Waals surface area contributed by atoms with Gasteiger partial charge in [0.15, 0.2) is 0 Å². The fourth-order valence-corrected chi connectivity index (χ4v) is 1.10. The summed E-state index contributed by atoms with van der Waals surface area (Å²) in [6.07, 6.45) is -0.623. The minimum Gasteiger partial charge on any atom is -0.444 e. The van der Waals surface area contributed by atoms with Gasteiger partial charge in [-0.3, -0.25) is 5.32 Å². The SMILES string of the molecule is CC(C)(C)OC(=O)Nc1cc(Cl)nc(N)n1. The van der Waals surface area contributed by atoms with Crippen LogP contribution >= 0.6 is 11.6 Å². The largest absolute Gasteiger partial charge is 0.444 e. The van der Waals surface area contributed by atoms with Gasteiger partial charge in [0.2, 0.25) is 5.95 Å². The number of halogens is 1. The fraction of sp³-hybridized carbons (Fsp3) is 0.444. The summed E-state index contributed by atoms with van der Waals surface area (Å²) in [7, 11) is 0. The standard InChI is InChI=1S/C9H13ClN4O2/c1-9(2,3)16-8(15)14-6-4-5(10)12-7(11)13-6/h4H,1-3H3,(H3,11,12,13,14,15). The number of anilines is 2. The molecule has 1 heterocycles. The number of hydrogen-bond acceptors (Lipinski definition) is 5. The highest BCUT2D eigenvalue weighted by molar-refractivity contribution is 6.29. The average Bonchev–Trinajstić information content (AvgIpc) is 1.96. The number of nitrogen functional groups attached to an aromatic ring is 1. The minimum absolute atomic E-state index is 0.0152. The van der Waals surface area contributed by atoms with Gasteiger partial charge in [-0.25, -0.2) is 9.78 Å². The second-order valence-corrected chi connectivity index (χ2v) is 4.45. The first-order valence-electron chi connectivity index (χ1n) is 4.56. The van der Waals surface area contributed by atoms with Gasteiger partial charge in [0.25, 0.3) is 0 Å². The first kappa shape index (κ1) is 12.5. The Morgan fingerprint density at radius 2 is 2.12 bits per heavy atom. The van der Waals surface area contributed by atoms with E-state index < -0.39 is 11.7 Å². The zero-order valence-electron chi connectivity index (χ0n) is 9.24. The summed E-state index contributed by atoms with van der Waals surface area (Å²) in [5.74, 6) is 0.185. The molecule has 1 aromatic heterocycles. The van der Waals surface area contributed by atoms with E-state index in [2.05, 4.69) is 15.3 Å². The van der Waals surface area contributed by atoms with Crippen LogP contribution in [0.5, 0.6) is 0 Å². The molecule has 0 atom stereocenters. The maximum absolute atomic E-state index is 11.4. The zero-order valence-corrected chi connectivity index (χ0v) is 10.00. The van der Waals surface area contributed by atoms with Crippen molar-refractivity contribution in [3.05, 3.63) is 11.2 Å². The van der Waals surface area contributed by atoms with Crippen molar-refractivity contribution in [1.82, 2.24) is 9.97 Å². The molecule has 0 unspecified atom stereocenters. The number of ether oxygens (including phenoxy) is 1. The quantitative estimate of drug-likeness (QED) is 0.738. The second kappa shape index (κ2) is 4.52. The van der Waals surface area contributed by atoms with Crippen molar-refractivity contribution in [1.29, 1.82) is 0 Å². The summed E-state index contributed by atoms with van der Waals surface area (Å²) in [5, 5.41) is 2.55. The van der Waals surface area contributed by atoms with Crippen LogP contribution in [0, 0.1) is 0 Å². The van der Waals surface area contributed by atoms with Crippen LogP contribution in [0.25, 0.3) is 0 Å². The molecule has 0 bridgehead atoms. The fourth-order valence-electron chi connectivity index (χ4n) is 0.907. The summed E-state index contributed by atoms with van der Waals surface area (Å²) in [6, 6.07) is 1.38. The van der Waals surface area contributed by atoms with Gasteiger partial charge in [0, 0.05) is 6.07 Å². The summed E-state index contributed by atoms with van der Waals surface area (Å²) in [5.41, 5.74) is 4.79. The molecule has 16 heavy (non-hydrogen) atoms. The molecular formula is C9H13ClN4O2. The maximum atomic E-state index is 11.4. The Bertz CT molecular complexity index is 383. The van der Waals surface area contributed by atoms with Crippen molar-refractivity contribution < 1.29 is 9.53 Å². The van der Waals surface area contributed by atoms with Crippen LogP contribution < -0.4 is 11.1 Å². The van der Waals surface area contributed by atoms with Gasteiger partial charge >= 0.3 is 6.09 Å². The van der Waals surface area contributed by atoms with Crippen LogP contribution in [0.1, 0.15) is 20.8 Å². The van der Waals surface area contributed by atoms with E-state index in [1.54, 1.807) is 20.8 Å². The molecule has 0 spiro atoms. The third kappa shape index (κ3) is 4.31. The monoisotopic (exact) mass is 244 g/mol. The summed E-state index contributed by atoms with van der Waals surface area (Å²) < 4.78 is 5.03. The summed E-state index contributed by atoms with van der Waals surface area (Å²) >= 11 is 5.64. The normalized spacial score (nSPS) is 11.0. The average molecular weight is 245 g/mol. The zero-order chi connectivity index (χ0) is 12.3. The van der Waals surface area contributed by atoms with Crippen molar-refractivity contribution in [2.75, 3.05) is 11.1 Å². The highest BCUT2D eigenvalue weighted by Crippen LogP contribution is 2.14. The van der Waals surface area contributed by atoms with Crippen molar-refractivity contribution in [2.45, 2.75) is 26.4 Å². The van der Waals surface area contributed by atoms with E-state index in [4.69, 9.17) is 22.1 Å². The minimum atomic E-state index is -0.623. The number of hydrogen-bond donors (Lipinski definition) is 2. The van der Waals surface area contributed by atoms with E-state index >= 15 is 0 Å². The van der Waals surface area contributed by atoms with E-state index in [1.165, 1.54) is 6.07 Å². The van der Waals surface area contributed by atoms with Gasteiger partial charge in [-0.2, -0.15) is 4.98 Å². The molecule has 0 radical (unpaired) electrons. The Kier molecular flexibility index (Phi) is 3.54. The molecule has 0 saturated carbocycles. The lowest BCUT2D eigenvalue weighted by molar-refractivity contribution is 0.0635. The predicted molar refractivity (Wildman–Crippen MR) is 61.3 cm³/mol. The molecule has 0 aliphatic carbocycles. The van der Waals surface area contributed by atoms with Crippen molar-refractivity contribution >= 4 is 29.5 Å². The number of nitrogens with two attached hydrogens (primary N) is 1. The number of rotatable bonds is 1. The van der Waals surface area contributed by atoms with Gasteiger partial charge in [0.05, 0.1) is 0 Å². The molecule has 1 rings (SSSR count). The Labute approximate surface area is 98.2 Å². The first-order chi connectivity index (χ1) is 7.26. The van der Waals surface area contributed by atoms with Crippen LogP contribution in [0.2, 0.25) is 5.15 Å². The first-order valence-corrected chi connectivity index (χ1v) is 4.94. The lowest BCUT2D eigenvalue weighted by atomic mass is 10.2. The Morgan fingerprint density at radius 1 is 1.50 bits per heavy atom. The molecule has 6 nitrogen and oxygen atoms in total. The van der Waals surface area contributed by atoms with E-state index in [9.17, 15) is 4.79 Å². The van der Waals surface area contributed by atoms with Gasteiger partial charge in [-0.05, 0) is 20.8 Å². The van der Waals surface area contributed by atoms with Crippen LogP contribution in [0.3, 0.4) is 0 Å². The molecule has 0 saturated heterocycles. The highest BCUT2D eigenvalue weighted by Gasteiger charge is 2.16. The second-order valence-electron chi connectivity index (χ2n) is 4.06. The predicted octanol–water partition coefficient (Wildman–Crippen LogP) is 2.06. The molecule has 0 fully saturated rings. The Morgan fingerprint density at radius 3 is 2.62 bits per heavy atom. The number of carbonyl (C=O) groups excluding carboxylic acids is 1. The van der Waals surface area contributed by atoms with E-state index in [0.717, 1.165) is 0 Å². The van der Waals surface area contributed by atoms with Crippen LogP contribution in [-0.2, 0) is 4.74 Å². The Balaban J connectivity index is 2.70. The number of amides is 1. The highest BCUT2D eigenvalue weighted by atomic mass is 35.5. The third-order valence-corrected chi connectivity index (χ3v) is 1.53. The molecule has 0 aliphatic rings. The number of nitrogens with one attached hydrogen (secondary N) is 1. The molecular weight excluding hydrogens is 232 g/mol. The topological polar surface area (TPSA) is 90.1 Å². The van der Waals surface area contributed by atoms with Gasteiger partial charge < -0.3 is 10.5 Å². The summed E-state index contributed by atoms with van der Waals surface area (Å²) in [6.45, 7) is 5.27. The van der Waals surface area contributed by atoms with E-state index in [1.807, 2.05) is 0 Å². The molecule has 0 aliphatic heterocycles. The number of carbonyl (C=O) groups is 1. The van der Waals surface area contributed by atoms with E-state index in [-0.39, 0.29) is 16.9 Å². The van der Waals surface area contributed by atoms with E-state index in [0.29, 0.717) is 0 Å². The van der Waals surface area contributed by atoms with Gasteiger partial charge in [0.1, 0.15) is 16.6 Å². The van der Waals surface area contributed by atoms with Crippen LogP contribution in [-0.4, -0.2) is 21.7 Å². The summed E-state index contributed by atoms with van der Waals surface area (Å²) in [4.78, 5) is 18.8. The lowest BCUT2D eigenvalue weighted by Crippen LogP contribution is -2.27. The van der Waals surface area contributed by atoms with Gasteiger partial charge in [-0.15, -0.1) is 0 Å². The molecule has 88 valence electrons. The third-order valence-electron chi connectivity index (χ3n) is 1.34. The number of nitrogens with zero attached hydrogens (tertiary/aromatic N) is 2. The van der Waals surface area contributed by atoms with Crippen molar-refractivity contribution in [3.8, 4) is 0 Å².